The Bertz CT molecular complexity index is 1260. The lowest BCUT2D eigenvalue weighted by atomic mass is 10.0. The van der Waals surface area contributed by atoms with Gasteiger partial charge in [0.1, 0.15) is 0 Å². The normalized spacial score (nSPS) is 10.7. The molecule has 0 unspecified atom stereocenters. The van der Waals surface area contributed by atoms with Crippen molar-refractivity contribution in [3.63, 3.8) is 0 Å². The van der Waals surface area contributed by atoms with Crippen molar-refractivity contribution in [2.24, 2.45) is 0 Å². The number of carbonyl (C=O) groups excluding carboxylic acids is 3. The van der Waals surface area contributed by atoms with Crippen LogP contribution < -0.4 is 16.2 Å². The van der Waals surface area contributed by atoms with E-state index in [1.165, 1.54) is 0 Å². The number of para-hydroxylation sites is 1. The molecule has 3 aromatic carbocycles. The van der Waals surface area contributed by atoms with Crippen LogP contribution in [-0.4, -0.2) is 29.3 Å². The fourth-order valence-corrected chi connectivity index (χ4v) is 3.54. The second-order valence-corrected chi connectivity index (χ2v) is 7.22. The topological polar surface area (TPSA) is 103 Å². The molecule has 0 saturated carbocycles. The van der Waals surface area contributed by atoms with E-state index in [2.05, 4.69) is 21.2 Å². The van der Waals surface area contributed by atoms with E-state index in [0.717, 1.165) is 32.8 Å². The number of nitrogens with one attached hydrogen (secondary N) is 4. The Morgan fingerprint density at radius 2 is 1.35 bits per heavy atom. The summed E-state index contributed by atoms with van der Waals surface area (Å²) < 4.78 is 0. The Kier molecular flexibility index (Phi) is 5.93. The first-order valence-electron chi connectivity index (χ1n) is 9.96. The fraction of sp³-hybridized carbons (Fsp3) is 0.125. The van der Waals surface area contributed by atoms with Gasteiger partial charge in [-0.1, -0.05) is 60.7 Å². The van der Waals surface area contributed by atoms with Gasteiger partial charge >= 0.3 is 0 Å². The quantitative estimate of drug-likeness (QED) is 0.364. The van der Waals surface area contributed by atoms with Gasteiger partial charge in [0, 0.05) is 17.1 Å². The van der Waals surface area contributed by atoms with Gasteiger partial charge in [-0.25, -0.2) is 0 Å². The summed E-state index contributed by atoms with van der Waals surface area (Å²) in [5, 5.41) is 5.61. The summed E-state index contributed by atoms with van der Waals surface area (Å²) in [7, 11) is 0. The molecule has 1 aromatic heterocycles. The fourth-order valence-electron chi connectivity index (χ4n) is 3.54. The van der Waals surface area contributed by atoms with Gasteiger partial charge in [0.2, 0.25) is 11.8 Å². The van der Waals surface area contributed by atoms with Crippen molar-refractivity contribution >= 4 is 39.4 Å². The highest BCUT2D eigenvalue weighted by Gasteiger charge is 2.11. The number of hydrazine groups is 1. The molecule has 0 bridgehead atoms. The van der Waals surface area contributed by atoms with Gasteiger partial charge in [-0.05, 0) is 28.0 Å². The van der Waals surface area contributed by atoms with Crippen LogP contribution >= 0.6 is 0 Å². The molecule has 156 valence electrons. The molecular weight excluding hydrogens is 392 g/mol. The number of rotatable bonds is 6. The van der Waals surface area contributed by atoms with Gasteiger partial charge in [0.05, 0.1) is 19.4 Å². The second-order valence-electron chi connectivity index (χ2n) is 7.22. The molecule has 4 rings (SSSR count). The number of amides is 3. The summed E-state index contributed by atoms with van der Waals surface area (Å²) in [5.74, 6) is -1.12. The minimum atomic E-state index is -0.501. The zero-order chi connectivity index (χ0) is 21.6. The maximum Gasteiger partial charge on any atom is 0.257 e. The molecule has 31 heavy (non-hydrogen) atoms. The van der Waals surface area contributed by atoms with E-state index in [9.17, 15) is 14.4 Å². The highest BCUT2D eigenvalue weighted by molar-refractivity contribution is 5.92. The van der Waals surface area contributed by atoms with Crippen LogP contribution in [0.15, 0.2) is 72.9 Å². The maximum absolute atomic E-state index is 12.3. The molecular formula is C24H22N4O3. The Morgan fingerprint density at radius 1 is 0.677 bits per heavy atom. The molecule has 0 fully saturated rings. The molecule has 1 heterocycles. The van der Waals surface area contributed by atoms with Crippen molar-refractivity contribution in [3.05, 3.63) is 84.1 Å². The average Bonchev–Trinajstić information content (AvgIpc) is 3.19. The highest BCUT2D eigenvalue weighted by Crippen LogP contribution is 2.19. The molecule has 7 heteroatoms. The summed E-state index contributed by atoms with van der Waals surface area (Å²) >= 11 is 0. The summed E-state index contributed by atoms with van der Waals surface area (Å²) in [6.45, 7) is -0.225. The van der Waals surface area contributed by atoms with Crippen molar-refractivity contribution in [2.75, 3.05) is 6.54 Å². The monoisotopic (exact) mass is 414 g/mol. The predicted octanol–water partition coefficient (Wildman–Crippen LogP) is 2.37. The number of fused-ring (bicyclic) bond motifs is 2. The van der Waals surface area contributed by atoms with Crippen LogP contribution in [0.25, 0.3) is 21.7 Å². The predicted molar refractivity (Wildman–Crippen MR) is 119 cm³/mol. The van der Waals surface area contributed by atoms with Crippen LogP contribution in [0.2, 0.25) is 0 Å². The first-order chi connectivity index (χ1) is 15.1. The van der Waals surface area contributed by atoms with Crippen molar-refractivity contribution in [1.29, 1.82) is 0 Å². The molecule has 4 N–H and O–H groups in total. The van der Waals surface area contributed by atoms with E-state index in [-0.39, 0.29) is 31.2 Å². The first-order valence-corrected chi connectivity index (χ1v) is 9.96. The van der Waals surface area contributed by atoms with Gasteiger partial charge in [-0.3, -0.25) is 25.2 Å². The van der Waals surface area contributed by atoms with Crippen molar-refractivity contribution in [1.82, 2.24) is 21.2 Å². The molecule has 0 atom stereocenters. The van der Waals surface area contributed by atoms with Gasteiger partial charge < -0.3 is 10.3 Å². The molecule has 0 saturated heterocycles. The number of aromatic nitrogens is 1. The third-order valence-corrected chi connectivity index (χ3v) is 5.04. The zero-order valence-corrected chi connectivity index (χ0v) is 16.8. The highest BCUT2D eigenvalue weighted by atomic mass is 16.2. The van der Waals surface area contributed by atoms with E-state index < -0.39 is 5.91 Å². The van der Waals surface area contributed by atoms with E-state index >= 15 is 0 Å². The molecule has 4 aromatic rings. The lowest BCUT2D eigenvalue weighted by Crippen LogP contribution is -2.47. The van der Waals surface area contributed by atoms with Crippen molar-refractivity contribution in [3.8, 4) is 0 Å². The van der Waals surface area contributed by atoms with Gasteiger partial charge in [-0.2, -0.15) is 0 Å². The molecule has 0 aliphatic carbocycles. The van der Waals surface area contributed by atoms with Crippen molar-refractivity contribution < 1.29 is 14.4 Å². The summed E-state index contributed by atoms with van der Waals surface area (Å²) in [6.07, 6.45) is 2.07. The standard InChI is InChI=1S/C24H22N4O3/c29-22(12-17-8-5-7-16-6-1-2-9-19(16)17)26-15-24(31)28-27-23(30)13-18-14-25-21-11-4-3-10-20(18)21/h1-11,14,25H,12-13,15H2,(H,26,29)(H,27,30)(H,28,31). The molecule has 3 amide bonds. The van der Waals surface area contributed by atoms with E-state index in [0.29, 0.717) is 0 Å². The Balaban J connectivity index is 1.23. The van der Waals surface area contributed by atoms with E-state index in [1.54, 1.807) is 6.20 Å². The largest absolute Gasteiger partial charge is 0.361 e. The van der Waals surface area contributed by atoms with Gasteiger partial charge in [-0.15, -0.1) is 0 Å². The lowest BCUT2D eigenvalue weighted by molar-refractivity contribution is -0.129. The molecule has 0 spiro atoms. The zero-order valence-electron chi connectivity index (χ0n) is 16.8. The third kappa shape index (κ3) is 4.90. The number of H-pyrrole nitrogens is 1. The summed E-state index contributed by atoms with van der Waals surface area (Å²) in [5.41, 5.74) is 7.39. The molecule has 0 aliphatic heterocycles. The van der Waals surface area contributed by atoms with Crippen LogP contribution in [0.3, 0.4) is 0 Å². The average molecular weight is 414 g/mol. The first kappa shape index (κ1) is 20.2. The van der Waals surface area contributed by atoms with E-state index in [4.69, 9.17) is 0 Å². The lowest BCUT2D eigenvalue weighted by Gasteiger charge is -2.09. The third-order valence-electron chi connectivity index (χ3n) is 5.04. The van der Waals surface area contributed by atoms with Crippen LogP contribution in [-0.2, 0) is 27.2 Å². The molecule has 0 aliphatic rings. The molecule has 0 radical (unpaired) electrons. The van der Waals surface area contributed by atoms with Crippen LogP contribution in [0.1, 0.15) is 11.1 Å². The van der Waals surface area contributed by atoms with Crippen molar-refractivity contribution in [2.45, 2.75) is 12.8 Å². The number of aromatic amines is 1. The minimum Gasteiger partial charge on any atom is -0.361 e. The summed E-state index contributed by atoms with van der Waals surface area (Å²) in [6, 6.07) is 21.3. The summed E-state index contributed by atoms with van der Waals surface area (Å²) in [4.78, 5) is 39.5. The number of carbonyl (C=O) groups is 3. The molecule has 7 nitrogen and oxygen atoms in total. The number of benzene rings is 3. The minimum absolute atomic E-state index is 0.123. The SMILES string of the molecule is O=C(Cc1cccc2ccccc12)NCC(=O)NNC(=O)Cc1c[nH]c2ccccc12. The van der Waals surface area contributed by atoms with E-state index in [1.807, 2.05) is 66.7 Å². The maximum atomic E-state index is 12.3. The van der Waals surface area contributed by atoms with Gasteiger partial charge in [0.15, 0.2) is 0 Å². The van der Waals surface area contributed by atoms with Gasteiger partial charge in [0.25, 0.3) is 5.91 Å². The Hall–Kier alpha value is -4.13. The second kappa shape index (κ2) is 9.13. The Labute approximate surface area is 178 Å². The number of hydrogen-bond donors (Lipinski definition) is 4. The number of hydrogen-bond acceptors (Lipinski definition) is 3. The van der Waals surface area contributed by atoms with Crippen LogP contribution in [0.4, 0.5) is 0 Å². The van der Waals surface area contributed by atoms with Crippen LogP contribution in [0, 0.1) is 0 Å². The Morgan fingerprint density at radius 3 is 2.23 bits per heavy atom. The smallest absolute Gasteiger partial charge is 0.257 e. The van der Waals surface area contributed by atoms with Crippen LogP contribution in [0.5, 0.6) is 0 Å².